The smallest absolute Gasteiger partial charge is 0.254 e. The first-order valence-corrected chi connectivity index (χ1v) is 7.19. The highest BCUT2D eigenvalue weighted by atomic mass is 79.9. The van der Waals surface area contributed by atoms with E-state index in [1.165, 1.54) is 0 Å². The molecule has 0 aromatic heterocycles. The van der Waals surface area contributed by atoms with Crippen molar-refractivity contribution in [2.75, 3.05) is 13.2 Å². The van der Waals surface area contributed by atoms with E-state index in [2.05, 4.69) is 15.9 Å². The summed E-state index contributed by atoms with van der Waals surface area (Å²) in [6.07, 6.45) is 0. The lowest BCUT2D eigenvalue weighted by Crippen LogP contribution is -2.33. The zero-order valence-electron chi connectivity index (χ0n) is 11.0. The molecule has 0 bridgehead atoms. The SMILES string of the molecule is O=C(c1ccc(Br)cc1)N(CCO)Cc1ccccc1. The number of carbonyl (C=O) groups excluding carboxylic acids is 1. The normalized spacial score (nSPS) is 10.3. The quantitative estimate of drug-likeness (QED) is 0.913. The number of nitrogens with zero attached hydrogens (tertiary/aromatic N) is 1. The number of amides is 1. The van der Waals surface area contributed by atoms with Crippen LogP contribution in [-0.2, 0) is 6.54 Å². The van der Waals surface area contributed by atoms with E-state index in [1.807, 2.05) is 42.5 Å². The summed E-state index contributed by atoms with van der Waals surface area (Å²) < 4.78 is 0.936. The zero-order chi connectivity index (χ0) is 14.4. The Morgan fingerprint density at radius 1 is 1.05 bits per heavy atom. The zero-order valence-corrected chi connectivity index (χ0v) is 12.6. The van der Waals surface area contributed by atoms with Gasteiger partial charge in [0.2, 0.25) is 0 Å². The van der Waals surface area contributed by atoms with Crippen molar-refractivity contribution in [2.24, 2.45) is 0 Å². The number of benzene rings is 2. The van der Waals surface area contributed by atoms with Crippen LogP contribution in [0.5, 0.6) is 0 Å². The summed E-state index contributed by atoms with van der Waals surface area (Å²) in [7, 11) is 0. The van der Waals surface area contributed by atoms with Crippen LogP contribution in [-0.4, -0.2) is 29.1 Å². The second-order valence-corrected chi connectivity index (χ2v) is 5.36. The van der Waals surface area contributed by atoms with Gasteiger partial charge in [0.15, 0.2) is 0 Å². The molecule has 3 nitrogen and oxygen atoms in total. The van der Waals surface area contributed by atoms with Crippen LogP contribution >= 0.6 is 15.9 Å². The summed E-state index contributed by atoms with van der Waals surface area (Å²) in [5, 5.41) is 9.15. The molecular formula is C16H16BrNO2. The van der Waals surface area contributed by atoms with Gasteiger partial charge in [-0.15, -0.1) is 0 Å². The number of rotatable bonds is 5. The molecule has 2 aromatic carbocycles. The van der Waals surface area contributed by atoms with E-state index in [9.17, 15) is 4.79 Å². The second-order valence-electron chi connectivity index (χ2n) is 4.44. The van der Waals surface area contributed by atoms with Crippen LogP contribution in [0.25, 0.3) is 0 Å². The van der Waals surface area contributed by atoms with Crippen molar-refractivity contribution < 1.29 is 9.90 Å². The standard InChI is InChI=1S/C16H16BrNO2/c17-15-8-6-14(7-9-15)16(20)18(10-11-19)12-13-4-2-1-3-5-13/h1-9,19H,10-12H2. The van der Waals surface area contributed by atoms with Crippen LogP contribution in [0.4, 0.5) is 0 Å². The average Bonchev–Trinajstić information content (AvgIpc) is 2.48. The van der Waals surface area contributed by atoms with Crippen LogP contribution < -0.4 is 0 Å². The highest BCUT2D eigenvalue weighted by Gasteiger charge is 2.15. The van der Waals surface area contributed by atoms with Crippen molar-refractivity contribution in [1.82, 2.24) is 4.90 Å². The molecule has 0 aliphatic heterocycles. The average molecular weight is 334 g/mol. The Hall–Kier alpha value is -1.65. The second kappa shape index (κ2) is 7.22. The molecule has 4 heteroatoms. The summed E-state index contributed by atoms with van der Waals surface area (Å²) in [5.74, 6) is -0.0737. The first-order chi connectivity index (χ1) is 9.70. The highest BCUT2D eigenvalue weighted by Crippen LogP contribution is 2.14. The largest absolute Gasteiger partial charge is 0.395 e. The third kappa shape index (κ3) is 3.92. The number of aliphatic hydroxyl groups is 1. The molecule has 0 aliphatic carbocycles. The van der Waals surface area contributed by atoms with Crippen molar-refractivity contribution in [3.05, 3.63) is 70.2 Å². The maximum Gasteiger partial charge on any atom is 0.254 e. The van der Waals surface area contributed by atoms with Gasteiger partial charge in [-0.1, -0.05) is 46.3 Å². The molecule has 0 heterocycles. The van der Waals surface area contributed by atoms with E-state index < -0.39 is 0 Å². The van der Waals surface area contributed by atoms with Gasteiger partial charge in [-0.05, 0) is 29.8 Å². The fraction of sp³-hybridized carbons (Fsp3) is 0.188. The van der Waals surface area contributed by atoms with E-state index in [0.717, 1.165) is 10.0 Å². The molecule has 1 amide bonds. The van der Waals surface area contributed by atoms with Crippen LogP contribution in [0.1, 0.15) is 15.9 Å². The minimum atomic E-state index is -0.0737. The molecule has 20 heavy (non-hydrogen) atoms. The van der Waals surface area contributed by atoms with E-state index in [-0.39, 0.29) is 12.5 Å². The van der Waals surface area contributed by atoms with Crippen LogP contribution in [0.2, 0.25) is 0 Å². The van der Waals surface area contributed by atoms with Gasteiger partial charge in [0.1, 0.15) is 0 Å². The third-order valence-electron chi connectivity index (χ3n) is 2.96. The highest BCUT2D eigenvalue weighted by molar-refractivity contribution is 9.10. The molecule has 0 unspecified atom stereocenters. The van der Waals surface area contributed by atoms with Gasteiger partial charge >= 0.3 is 0 Å². The van der Waals surface area contributed by atoms with Gasteiger partial charge < -0.3 is 10.0 Å². The molecule has 0 radical (unpaired) electrons. The molecule has 0 aliphatic rings. The fourth-order valence-corrected chi connectivity index (χ4v) is 2.22. The molecule has 0 atom stereocenters. The molecular weight excluding hydrogens is 318 g/mol. The van der Waals surface area contributed by atoms with Crippen molar-refractivity contribution >= 4 is 21.8 Å². The fourth-order valence-electron chi connectivity index (χ4n) is 1.95. The maximum absolute atomic E-state index is 12.4. The van der Waals surface area contributed by atoms with E-state index in [4.69, 9.17) is 5.11 Å². The molecule has 0 saturated heterocycles. The molecule has 1 N–H and O–H groups in total. The van der Waals surface area contributed by atoms with Crippen molar-refractivity contribution in [3.63, 3.8) is 0 Å². The summed E-state index contributed by atoms with van der Waals surface area (Å²) >= 11 is 3.35. The molecule has 2 aromatic rings. The Labute approximate surface area is 127 Å². The topological polar surface area (TPSA) is 40.5 Å². The Kier molecular flexibility index (Phi) is 5.32. The number of hydrogen-bond donors (Lipinski definition) is 1. The lowest BCUT2D eigenvalue weighted by Gasteiger charge is -2.22. The summed E-state index contributed by atoms with van der Waals surface area (Å²) in [5.41, 5.74) is 1.67. The first-order valence-electron chi connectivity index (χ1n) is 6.40. The summed E-state index contributed by atoms with van der Waals surface area (Å²) in [4.78, 5) is 14.1. The first kappa shape index (κ1) is 14.8. The number of aliphatic hydroxyl groups excluding tert-OH is 1. The lowest BCUT2D eigenvalue weighted by molar-refractivity contribution is 0.0708. The predicted molar refractivity (Wildman–Crippen MR) is 82.4 cm³/mol. The van der Waals surface area contributed by atoms with Crippen LogP contribution in [0.3, 0.4) is 0 Å². The minimum absolute atomic E-state index is 0.0465. The molecule has 0 saturated carbocycles. The molecule has 2 rings (SSSR count). The number of hydrogen-bond acceptors (Lipinski definition) is 2. The van der Waals surface area contributed by atoms with E-state index in [0.29, 0.717) is 18.7 Å². The predicted octanol–water partition coefficient (Wildman–Crippen LogP) is 3.08. The van der Waals surface area contributed by atoms with E-state index >= 15 is 0 Å². The number of carbonyl (C=O) groups is 1. The van der Waals surface area contributed by atoms with E-state index in [1.54, 1.807) is 17.0 Å². The Balaban J connectivity index is 2.15. The summed E-state index contributed by atoms with van der Waals surface area (Å²) in [6, 6.07) is 17.0. The van der Waals surface area contributed by atoms with Crippen molar-refractivity contribution in [2.45, 2.75) is 6.54 Å². The van der Waals surface area contributed by atoms with Gasteiger partial charge in [0, 0.05) is 23.1 Å². The van der Waals surface area contributed by atoms with Crippen molar-refractivity contribution in [3.8, 4) is 0 Å². The van der Waals surface area contributed by atoms with Crippen LogP contribution in [0.15, 0.2) is 59.1 Å². The van der Waals surface area contributed by atoms with Crippen molar-refractivity contribution in [1.29, 1.82) is 0 Å². The van der Waals surface area contributed by atoms with Gasteiger partial charge in [-0.3, -0.25) is 4.79 Å². The summed E-state index contributed by atoms with van der Waals surface area (Å²) in [6.45, 7) is 0.773. The minimum Gasteiger partial charge on any atom is -0.395 e. The van der Waals surface area contributed by atoms with Gasteiger partial charge in [0.25, 0.3) is 5.91 Å². The van der Waals surface area contributed by atoms with Gasteiger partial charge in [-0.2, -0.15) is 0 Å². The Bertz CT molecular complexity index is 554. The van der Waals surface area contributed by atoms with Gasteiger partial charge in [0.05, 0.1) is 6.61 Å². The van der Waals surface area contributed by atoms with Gasteiger partial charge in [-0.25, -0.2) is 0 Å². The molecule has 0 spiro atoms. The lowest BCUT2D eigenvalue weighted by atomic mass is 10.1. The monoisotopic (exact) mass is 333 g/mol. The Morgan fingerprint density at radius 3 is 2.30 bits per heavy atom. The molecule has 0 fully saturated rings. The maximum atomic E-state index is 12.4. The van der Waals surface area contributed by atoms with Crippen LogP contribution in [0, 0.1) is 0 Å². The number of halogens is 1. The Morgan fingerprint density at radius 2 is 1.70 bits per heavy atom. The molecule has 104 valence electrons. The third-order valence-corrected chi connectivity index (χ3v) is 3.49.